The molecule has 2 aliphatic heterocycles. The summed E-state index contributed by atoms with van der Waals surface area (Å²) in [6, 6.07) is 1.70. The number of carbonyl (C=O) groups is 1. The van der Waals surface area contributed by atoms with Crippen LogP contribution in [0.1, 0.15) is 55.8 Å². The van der Waals surface area contributed by atoms with Crippen molar-refractivity contribution in [1.29, 1.82) is 0 Å². The van der Waals surface area contributed by atoms with E-state index in [0.717, 1.165) is 62.9 Å². The smallest absolute Gasteiger partial charge is 0.384 e. The van der Waals surface area contributed by atoms with Crippen LogP contribution in [0.5, 0.6) is 0 Å². The van der Waals surface area contributed by atoms with Gasteiger partial charge in [0, 0.05) is 44.5 Å². The number of anilines is 3. The SMILES string of the molecule is Cc1nn(C2CCN(C)CC2)cc1Nc1cc(NCCCN2CCCCC2=O)c(C(F)(F)F)cn1. The standard InChI is InChI=1S/C24H34F3N7O/c1-17-21(16-34(31-17)18-7-12-32(2)13-8-18)30-22-14-20(19(15-29-22)24(25,26)27)28-9-5-11-33-10-4-3-6-23(33)35/h14-16,18H,3-13H2,1-2H3,(H2,28,29,30). The molecular formula is C24H34F3N7O. The van der Waals surface area contributed by atoms with Gasteiger partial charge in [-0.05, 0) is 59.2 Å². The highest BCUT2D eigenvalue weighted by molar-refractivity contribution is 5.76. The molecule has 1 amide bonds. The Morgan fingerprint density at radius 2 is 1.91 bits per heavy atom. The molecule has 2 saturated heterocycles. The fraction of sp³-hybridized carbons (Fsp3) is 0.625. The lowest BCUT2D eigenvalue weighted by atomic mass is 10.1. The minimum absolute atomic E-state index is 0.0275. The van der Waals surface area contributed by atoms with Crippen LogP contribution in [0.2, 0.25) is 0 Å². The van der Waals surface area contributed by atoms with Crippen LogP contribution in [-0.4, -0.2) is 70.2 Å². The summed E-state index contributed by atoms with van der Waals surface area (Å²) >= 11 is 0. The summed E-state index contributed by atoms with van der Waals surface area (Å²) in [4.78, 5) is 20.0. The third-order valence-corrected chi connectivity index (χ3v) is 6.79. The van der Waals surface area contributed by atoms with E-state index in [0.29, 0.717) is 37.8 Å². The van der Waals surface area contributed by atoms with Crippen LogP contribution in [0.15, 0.2) is 18.5 Å². The second-order valence-electron chi connectivity index (χ2n) is 9.50. The quantitative estimate of drug-likeness (QED) is 0.530. The van der Waals surface area contributed by atoms with E-state index in [2.05, 4.69) is 32.7 Å². The molecule has 11 heteroatoms. The second-order valence-corrected chi connectivity index (χ2v) is 9.50. The molecule has 0 aromatic carbocycles. The number of aryl methyl sites for hydroxylation is 1. The van der Waals surface area contributed by atoms with Crippen molar-refractivity contribution in [3.8, 4) is 0 Å². The van der Waals surface area contributed by atoms with E-state index in [9.17, 15) is 18.0 Å². The van der Waals surface area contributed by atoms with Crippen LogP contribution in [0.4, 0.5) is 30.4 Å². The maximum Gasteiger partial charge on any atom is 0.419 e. The molecule has 0 bridgehead atoms. The van der Waals surface area contributed by atoms with Crippen LogP contribution >= 0.6 is 0 Å². The number of hydrogen-bond donors (Lipinski definition) is 2. The largest absolute Gasteiger partial charge is 0.419 e. The van der Waals surface area contributed by atoms with E-state index >= 15 is 0 Å². The Balaban J connectivity index is 1.42. The third kappa shape index (κ3) is 6.45. The average Bonchev–Trinajstić information content (AvgIpc) is 3.17. The highest BCUT2D eigenvalue weighted by Crippen LogP contribution is 2.36. The molecule has 4 heterocycles. The van der Waals surface area contributed by atoms with E-state index in [-0.39, 0.29) is 11.6 Å². The molecule has 0 saturated carbocycles. The number of pyridine rings is 1. The second kappa shape index (κ2) is 10.8. The van der Waals surface area contributed by atoms with Crippen LogP contribution in [0.3, 0.4) is 0 Å². The van der Waals surface area contributed by atoms with Gasteiger partial charge in [0.2, 0.25) is 5.91 Å². The van der Waals surface area contributed by atoms with E-state index in [4.69, 9.17) is 0 Å². The molecule has 0 radical (unpaired) electrons. The molecule has 4 rings (SSSR count). The van der Waals surface area contributed by atoms with E-state index in [1.807, 2.05) is 17.8 Å². The normalized spacial score (nSPS) is 18.2. The number of carbonyl (C=O) groups excluding carboxylic acids is 1. The van der Waals surface area contributed by atoms with Gasteiger partial charge in [0.05, 0.1) is 28.7 Å². The Bertz CT molecular complexity index is 1020. The van der Waals surface area contributed by atoms with Gasteiger partial charge in [-0.1, -0.05) is 0 Å². The highest BCUT2D eigenvalue weighted by atomic mass is 19.4. The van der Waals surface area contributed by atoms with Crippen molar-refractivity contribution in [2.75, 3.05) is 50.4 Å². The minimum atomic E-state index is -4.52. The topological polar surface area (TPSA) is 78.3 Å². The van der Waals surface area contributed by atoms with Crippen LogP contribution in [-0.2, 0) is 11.0 Å². The van der Waals surface area contributed by atoms with Gasteiger partial charge in [-0.3, -0.25) is 9.48 Å². The first-order chi connectivity index (χ1) is 16.7. The van der Waals surface area contributed by atoms with Crippen molar-refractivity contribution in [3.05, 3.63) is 29.7 Å². The molecule has 35 heavy (non-hydrogen) atoms. The Morgan fingerprint density at radius 3 is 2.63 bits per heavy atom. The molecule has 2 aromatic rings. The van der Waals surface area contributed by atoms with Gasteiger partial charge in [-0.25, -0.2) is 4.98 Å². The first-order valence-corrected chi connectivity index (χ1v) is 12.3. The number of alkyl halides is 3. The monoisotopic (exact) mass is 493 g/mol. The number of rotatable bonds is 8. The summed E-state index contributed by atoms with van der Waals surface area (Å²) in [5.41, 5.74) is 0.660. The number of nitrogens with one attached hydrogen (secondary N) is 2. The number of likely N-dealkylation sites (tertiary alicyclic amines) is 2. The summed E-state index contributed by atoms with van der Waals surface area (Å²) in [6.45, 7) is 5.48. The fourth-order valence-electron chi connectivity index (χ4n) is 4.68. The Morgan fingerprint density at radius 1 is 1.14 bits per heavy atom. The zero-order chi connectivity index (χ0) is 25.0. The Labute approximate surface area is 203 Å². The number of amides is 1. The number of hydrogen-bond acceptors (Lipinski definition) is 6. The summed E-state index contributed by atoms with van der Waals surface area (Å²) in [5.74, 6) is 0.441. The maximum absolute atomic E-state index is 13.6. The van der Waals surface area contributed by atoms with Gasteiger partial charge < -0.3 is 20.4 Å². The van der Waals surface area contributed by atoms with E-state index in [1.165, 1.54) is 6.07 Å². The molecule has 2 fully saturated rings. The van der Waals surface area contributed by atoms with Crippen LogP contribution < -0.4 is 10.6 Å². The van der Waals surface area contributed by atoms with Gasteiger partial charge >= 0.3 is 6.18 Å². The van der Waals surface area contributed by atoms with Crippen molar-refractivity contribution >= 4 is 23.1 Å². The Kier molecular flexibility index (Phi) is 7.83. The molecule has 0 aliphatic carbocycles. The summed E-state index contributed by atoms with van der Waals surface area (Å²) in [5, 5.41) is 10.7. The summed E-state index contributed by atoms with van der Waals surface area (Å²) in [7, 11) is 2.10. The number of halogens is 3. The number of piperidine rings is 2. The molecule has 2 aliphatic rings. The lowest BCUT2D eigenvalue weighted by Crippen LogP contribution is -2.36. The number of aromatic nitrogens is 3. The number of nitrogens with zero attached hydrogens (tertiary/aromatic N) is 5. The molecule has 0 atom stereocenters. The lowest BCUT2D eigenvalue weighted by molar-refractivity contribution is -0.137. The molecule has 0 spiro atoms. The first-order valence-electron chi connectivity index (χ1n) is 12.3. The van der Waals surface area contributed by atoms with Crippen LogP contribution in [0.25, 0.3) is 0 Å². The van der Waals surface area contributed by atoms with Crippen molar-refractivity contribution in [2.45, 2.75) is 57.7 Å². The zero-order valence-electron chi connectivity index (χ0n) is 20.4. The zero-order valence-corrected chi connectivity index (χ0v) is 20.4. The van der Waals surface area contributed by atoms with Crippen molar-refractivity contribution in [2.24, 2.45) is 0 Å². The third-order valence-electron chi connectivity index (χ3n) is 6.79. The van der Waals surface area contributed by atoms with Gasteiger partial charge in [0.1, 0.15) is 5.82 Å². The molecule has 0 unspecified atom stereocenters. The Hall–Kier alpha value is -2.82. The van der Waals surface area contributed by atoms with Crippen molar-refractivity contribution < 1.29 is 18.0 Å². The molecular weight excluding hydrogens is 459 g/mol. The lowest BCUT2D eigenvalue weighted by Gasteiger charge is -2.28. The van der Waals surface area contributed by atoms with Gasteiger partial charge in [0.15, 0.2) is 0 Å². The average molecular weight is 494 g/mol. The fourth-order valence-corrected chi connectivity index (χ4v) is 4.68. The summed E-state index contributed by atoms with van der Waals surface area (Å²) < 4.78 is 42.7. The van der Waals surface area contributed by atoms with Crippen molar-refractivity contribution in [1.82, 2.24) is 24.6 Å². The first kappa shape index (κ1) is 25.3. The van der Waals surface area contributed by atoms with Crippen LogP contribution in [0, 0.1) is 6.92 Å². The predicted octanol–water partition coefficient (Wildman–Crippen LogP) is 4.43. The molecule has 8 nitrogen and oxygen atoms in total. The van der Waals surface area contributed by atoms with Gasteiger partial charge in [-0.2, -0.15) is 18.3 Å². The molecule has 192 valence electrons. The predicted molar refractivity (Wildman–Crippen MR) is 129 cm³/mol. The van der Waals surface area contributed by atoms with Gasteiger partial charge in [0.25, 0.3) is 0 Å². The van der Waals surface area contributed by atoms with E-state index < -0.39 is 11.7 Å². The molecule has 2 N–H and O–H groups in total. The minimum Gasteiger partial charge on any atom is -0.384 e. The van der Waals surface area contributed by atoms with Gasteiger partial charge in [-0.15, -0.1) is 0 Å². The highest BCUT2D eigenvalue weighted by Gasteiger charge is 2.34. The molecule has 2 aromatic heterocycles. The maximum atomic E-state index is 13.6. The van der Waals surface area contributed by atoms with Crippen molar-refractivity contribution in [3.63, 3.8) is 0 Å². The summed E-state index contributed by atoms with van der Waals surface area (Å²) in [6.07, 6.45) is 3.26. The van der Waals surface area contributed by atoms with E-state index in [1.54, 1.807) is 4.90 Å².